The summed E-state index contributed by atoms with van der Waals surface area (Å²) in [7, 11) is 0. The van der Waals surface area contributed by atoms with Gasteiger partial charge in [-0.05, 0) is 35.1 Å². The van der Waals surface area contributed by atoms with Crippen molar-refractivity contribution in [1.29, 1.82) is 0 Å². The van der Waals surface area contributed by atoms with Crippen LogP contribution in [-0.4, -0.2) is 36.3 Å². The highest BCUT2D eigenvalue weighted by molar-refractivity contribution is 5.86. The van der Waals surface area contributed by atoms with Crippen molar-refractivity contribution in [2.24, 2.45) is 5.92 Å². The van der Waals surface area contributed by atoms with Crippen molar-refractivity contribution in [3.05, 3.63) is 65.8 Å². The molecule has 0 spiro atoms. The molecule has 1 fully saturated rings. The first kappa shape index (κ1) is 20.9. The molecule has 2 unspecified atom stereocenters. The van der Waals surface area contributed by atoms with E-state index in [1.165, 1.54) is 4.90 Å². The number of rotatable bonds is 7. The Kier molecular flexibility index (Phi) is 6.57. The molecule has 1 aromatic carbocycles. The van der Waals surface area contributed by atoms with Gasteiger partial charge in [-0.3, -0.25) is 4.90 Å². The number of carbonyl (C=O) groups excluding carboxylic acids is 2. The predicted molar refractivity (Wildman–Crippen MR) is 113 cm³/mol. The number of nitrogens with zero attached hydrogens (tertiary/aromatic N) is 1. The van der Waals surface area contributed by atoms with Crippen LogP contribution in [0.4, 0.5) is 4.79 Å². The van der Waals surface area contributed by atoms with Gasteiger partial charge in [-0.1, -0.05) is 75.8 Å². The zero-order chi connectivity index (χ0) is 21.0. The third kappa shape index (κ3) is 3.86. The van der Waals surface area contributed by atoms with Gasteiger partial charge in [0.05, 0.1) is 0 Å². The van der Waals surface area contributed by atoms with Crippen LogP contribution in [0.1, 0.15) is 50.7 Å². The van der Waals surface area contributed by atoms with E-state index in [-0.39, 0.29) is 31.1 Å². The number of allylic oxidation sites excluding steroid dienone is 4. The number of ether oxygens (including phenoxy) is 2. The average molecular weight is 395 g/mol. The van der Waals surface area contributed by atoms with E-state index in [2.05, 4.69) is 18.7 Å². The van der Waals surface area contributed by atoms with E-state index in [9.17, 15) is 9.59 Å². The summed E-state index contributed by atoms with van der Waals surface area (Å²) in [5, 5.41) is 0. The smallest absolute Gasteiger partial charge is 0.413 e. The molecule has 0 radical (unpaired) electrons. The van der Waals surface area contributed by atoms with E-state index in [1.807, 2.05) is 51.1 Å². The molecule has 0 bridgehead atoms. The summed E-state index contributed by atoms with van der Waals surface area (Å²) in [5.41, 5.74) is 4.39. The number of benzene rings is 1. The first-order valence-corrected chi connectivity index (χ1v) is 10.3. The zero-order valence-corrected chi connectivity index (χ0v) is 17.4. The quantitative estimate of drug-likeness (QED) is 0.606. The second kappa shape index (κ2) is 9.12. The van der Waals surface area contributed by atoms with Crippen molar-refractivity contribution in [3.63, 3.8) is 0 Å². The standard InChI is InChI=1S/C24H29NO4/c1-5-11-18-17(8-4)19-12-9-10-13-20(19)21(18)14-28-24(27)25-15-29-23(26)22(25)16(6-2)7-3/h5,8-13,16,21-22H,4,6-7,14-15H2,1-3H3/b11-5-. The lowest BCUT2D eigenvalue weighted by molar-refractivity contribution is -0.140. The Morgan fingerprint density at radius 3 is 2.72 bits per heavy atom. The van der Waals surface area contributed by atoms with Gasteiger partial charge in [0, 0.05) is 5.92 Å². The van der Waals surface area contributed by atoms with E-state index in [0.29, 0.717) is 0 Å². The lowest BCUT2D eigenvalue weighted by atomic mass is 9.94. The molecule has 1 amide bonds. The van der Waals surface area contributed by atoms with Crippen molar-refractivity contribution in [1.82, 2.24) is 4.90 Å². The van der Waals surface area contributed by atoms with Crippen molar-refractivity contribution < 1.29 is 19.1 Å². The molecule has 0 N–H and O–H groups in total. The molecular weight excluding hydrogens is 366 g/mol. The minimum atomic E-state index is -0.567. The topological polar surface area (TPSA) is 55.8 Å². The number of hydrogen-bond donors (Lipinski definition) is 0. The maximum Gasteiger partial charge on any atom is 0.413 e. The Hall–Kier alpha value is -2.82. The Morgan fingerprint density at radius 2 is 2.07 bits per heavy atom. The maximum atomic E-state index is 12.8. The third-order valence-corrected chi connectivity index (χ3v) is 5.89. The second-order valence-corrected chi connectivity index (χ2v) is 7.37. The van der Waals surface area contributed by atoms with Gasteiger partial charge in [0.15, 0.2) is 6.73 Å². The van der Waals surface area contributed by atoms with Crippen LogP contribution in [0.3, 0.4) is 0 Å². The van der Waals surface area contributed by atoms with Crippen LogP contribution in [0.5, 0.6) is 0 Å². The molecule has 3 rings (SSSR count). The van der Waals surface area contributed by atoms with E-state index in [0.717, 1.165) is 35.1 Å². The molecular formula is C24H29NO4. The summed E-state index contributed by atoms with van der Waals surface area (Å²) in [5.74, 6) is -0.342. The molecule has 1 saturated heterocycles. The Bertz CT molecular complexity index is 850. The van der Waals surface area contributed by atoms with Gasteiger partial charge >= 0.3 is 12.1 Å². The molecule has 2 aliphatic rings. The molecule has 1 aliphatic carbocycles. The lowest BCUT2D eigenvalue weighted by Crippen LogP contribution is -2.43. The van der Waals surface area contributed by atoms with Crippen molar-refractivity contribution in [2.45, 2.75) is 45.6 Å². The van der Waals surface area contributed by atoms with E-state index >= 15 is 0 Å². The van der Waals surface area contributed by atoms with Crippen LogP contribution in [0.25, 0.3) is 5.57 Å². The van der Waals surface area contributed by atoms with Gasteiger partial charge in [0.2, 0.25) is 0 Å². The molecule has 1 aromatic rings. The van der Waals surface area contributed by atoms with Crippen molar-refractivity contribution >= 4 is 17.6 Å². The third-order valence-electron chi connectivity index (χ3n) is 5.89. The summed E-state index contributed by atoms with van der Waals surface area (Å²) < 4.78 is 10.9. The monoisotopic (exact) mass is 395 g/mol. The molecule has 0 saturated carbocycles. The first-order chi connectivity index (χ1) is 14.1. The SMILES string of the molecule is C=CC1=C(/C=C\C)C(COC(=O)N2COC(=O)C2C(CC)CC)c2ccccc21. The molecule has 154 valence electrons. The minimum Gasteiger partial charge on any atom is -0.448 e. The van der Waals surface area contributed by atoms with Gasteiger partial charge in [0.25, 0.3) is 0 Å². The maximum absolute atomic E-state index is 12.8. The van der Waals surface area contributed by atoms with Gasteiger partial charge in [-0.15, -0.1) is 0 Å². The number of amides is 1. The molecule has 2 atom stereocenters. The van der Waals surface area contributed by atoms with Crippen LogP contribution in [-0.2, 0) is 14.3 Å². The molecule has 29 heavy (non-hydrogen) atoms. The van der Waals surface area contributed by atoms with Crippen LogP contribution in [0.2, 0.25) is 0 Å². The number of hydrogen-bond acceptors (Lipinski definition) is 4. The number of cyclic esters (lactones) is 1. The summed E-state index contributed by atoms with van der Waals surface area (Å²) in [6, 6.07) is 7.54. The van der Waals surface area contributed by atoms with Gasteiger partial charge < -0.3 is 9.47 Å². The van der Waals surface area contributed by atoms with Gasteiger partial charge in [-0.2, -0.15) is 0 Å². The number of carbonyl (C=O) groups is 2. The number of esters is 1. The van der Waals surface area contributed by atoms with Crippen molar-refractivity contribution in [3.8, 4) is 0 Å². The van der Waals surface area contributed by atoms with Crippen LogP contribution in [0, 0.1) is 5.92 Å². The Morgan fingerprint density at radius 1 is 1.34 bits per heavy atom. The fraction of sp³-hybridized carbons (Fsp3) is 0.417. The minimum absolute atomic E-state index is 0.0461. The average Bonchev–Trinajstić information content (AvgIpc) is 3.25. The van der Waals surface area contributed by atoms with E-state index in [1.54, 1.807) is 0 Å². The van der Waals surface area contributed by atoms with E-state index < -0.39 is 12.1 Å². The molecule has 5 nitrogen and oxygen atoms in total. The summed E-state index contributed by atoms with van der Waals surface area (Å²) in [6.07, 6.45) is 6.98. The molecule has 1 heterocycles. The van der Waals surface area contributed by atoms with E-state index in [4.69, 9.17) is 9.47 Å². The fourth-order valence-corrected chi connectivity index (χ4v) is 4.36. The van der Waals surface area contributed by atoms with Crippen molar-refractivity contribution in [2.75, 3.05) is 13.3 Å². The lowest BCUT2D eigenvalue weighted by Gasteiger charge is -2.26. The molecule has 5 heteroatoms. The summed E-state index contributed by atoms with van der Waals surface area (Å²) in [4.78, 5) is 26.5. The normalized spacial score (nSPS) is 21.1. The van der Waals surface area contributed by atoms with Crippen LogP contribution >= 0.6 is 0 Å². The Balaban J connectivity index is 1.79. The predicted octanol–water partition coefficient (Wildman–Crippen LogP) is 5.06. The largest absolute Gasteiger partial charge is 0.448 e. The van der Waals surface area contributed by atoms with Crippen LogP contribution < -0.4 is 0 Å². The molecule has 1 aliphatic heterocycles. The summed E-state index contributed by atoms with van der Waals surface area (Å²) in [6.45, 7) is 10.1. The van der Waals surface area contributed by atoms with Crippen LogP contribution in [0.15, 0.2) is 54.6 Å². The highest BCUT2D eigenvalue weighted by Crippen LogP contribution is 2.43. The van der Waals surface area contributed by atoms with Gasteiger partial charge in [0.1, 0.15) is 12.6 Å². The first-order valence-electron chi connectivity index (χ1n) is 10.3. The highest BCUT2D eigenvalue weighted by Gasteiger charge is 2.43. The molecule has 0 aromatic heterocycles. The summed E-state index contributed by atoms with van der Waals surface area (Å²) >= 11 is 0. The van der Waals surface area contributed by atoms with Gasteiger partial charge in [-0.25, -0.2) is 9.59 Å². The Labute approximate surface area is 172 Å². The number of fused-ring (bicyclic) bond motifs is 1. The fourth-order valence-electron chi connectivity index (χ4n) is 4.36. The second-order valence-electron chi connectivity index (χ2n) is 7.37. The zero-order valence-electron chi connectivity index (χ0n) is 17.4. The highest BCUT2D eigenvalue weighted by atomic mass is 16.6.